The molecule has 0 atom stereocenters. The number of hydrogen-bond donors (Lipinski definition) is 0. The summed E-state index contributed by atoms with van der Waals surface area (Å²) in [5.74, 6) is 0. The minimum atomic E-state index is -0.157. The summed E-state index contributed by atoms with van der Waals surface area (Å²) in [5.41, 5.74) is 22.1. The van der Waals surface area contributed by atoms with Crippen LogP contribution in [0, 0.1) is 0 Å². The average molecular weight is 720 g/mol. The van der Waals surface area contributed by atoms with Gasteiger partial charge in [-0.25, -0.2) is 0 Å². The molecule has 270 valence electrons. The van der Waals surface area contributed by atoms with E-state index in [-0.39, 0.29) is 16.2 Å². The molecule has 1 nitrogen and oxygen atoms in total. The molecule has 0 bridgehead atoms. The molecule has 8 aromatic rings. The molecule has 0 N–H and O–H groups in total. The highest BCUT2D eigenvalue weighted by Crippen LogP contribution is 2.56. The third-order valence-electron chi connectivity index (χ3n) is 13.6. The van der Waals surface area contributed by atoms with Gasteiger partial charge in [0, 0.05) is 33.3 Å². The highest BCUT2D eigenvalue weighted by Gasteiger charge is 2.40. The molecule has 0 fully saturated rings. The number of nitrogens with zero attached hydrogens (tertiary/aromatic N) is 1. The summed E-state index contributed by atoms with van der Waals surface area (Å²) >= 11 is 0. The minimum absolute atomic E-state index is 0.106. The van der Waals surface area contributed by atoms with Crippen molar-refractivity contribution in [2.45, 2.75) is 57.8 Å². The zero-order chi connectivity index (χ0) is 38.1. The Hall–Kier alpha value is -6.18. The zero-order valence-corrected chi connectivity index (χ0v) is 33.0. The fourth-order valence-corrected chi connectivity index (χ4v) is 10.8. The average Bonchev–Trinajstić information content (AvgIpc) is 3.70. The van der Waals surface area contributed by atoms with Crippen LogP contribution in [0.5, 0.6) is 0 Å². The van der Waals surface area contributed by atoms with Crippen LogP contribution in [0.1, 0.15) is 74.9 Å². The topological polar surface area (TPSA) is 3.24 Å². The van der Waals surface area contributed by atoms with Crippen molar-refractivity contribution in [3.63, 3.8) is 0 Å². The number of benzene rings is 8. The molecule has 0 aromatic heterocycles. The van der Waals surface area contributed by atoms with Crippen molar-refractivity contribution in [2.24, 2.45) is 0 Å². The SMILES string of the molecule is CC1(C)c2ccccc2-c2ccc(N(c3ccc4c(c3)-c3cc(-c5ccccc5)c5ccccc5c3C4(C)C)c3ccc4c(c3)C(C)(C)c3ccccc3-4)cc21. The Balaban J connectivity index is 1.15. The van der Waals surface area contributed by atoms with Crippen LogP contribution >= 0.6 is 0 Å². The van der Waals surface area contributed by atoms with E-state index in [1.54, 1.807) is 0 Å². The summed E-state index contributed by atoms with van der Waals surface area (Å²) in [6.45, 7) is 14.3. The molecule has 8 aromatic carbocycles. The normalized spacial score (nSPS) is 15.8. The lowest BCUT2D eigenvalue weighted by atomic mass is 9.79. The van der Waals surface area contributed by atoms with Gasteiger partial charge in [-0.15, -0.1) is 0 Å². The van der Waals surface area contributed by atoms with Gasteiger partial charge in [-0.3, -0.25) is 0 Å². The van der Waals surface area contributed by atoms with E-state index in [0.717, 1.165) is 0 Å². The van der Waals surface area contributed by atoms with Crippen molar-refractivity contribution in [1.29, 1.82) is 0 Å². The predicted molar refractivity (Wildman–Crippen MR) is 237 cm³/mol. The lowest BCUT2D eigenvalue weighted by Gasteiger charge is -2.30. The fraction of sp³-hybridized carbons (Fsp3) is 0.164. The van der Waals surface area contributed by atoms with Gasteiger partial charge in [-0.05, 0) is 131 Å². The van der Waals surface area contributed by atoms with Gasteiger partial charge >= 0.3 is 0 Å². The second-order valence-corrected chi connectivity index (χ2v) is 17.7. The van der Waals surface area contributed by atoms with E-state index in [1.165, 1.54) is 106 Å². The first kappa shape index (κ1) is 33.2. The smallest absolute Gasteiger partial charge is 0.0468 e. The maximum Gasteiger partial charge on any atom is 0.0468 e. The van der Waals surface area contributed by atoms with Crippen molar-refractivity contribution >= 4 is 27.8 Å². The molecule has 0 aliphatic heterocycles. The summed E-state index contributed by atoms with van der Waals surface area (Å²) in [6.07, 6.45) is 0. The van der Waals surface area contributed by atoms with Crippen LogP contribution in [0.2, 0.25) is 0 Å². The second kappa shape index (κ2) is 11.4. The molecular formula is C55H45N. The third kappa shape index (κ3) is 4.43. The van der Waals surface area contributed by atoms with Crippen LogP contribution in [-0.2, 0) is 16.2 Å². The standard InChI is InChI=1S/C55H45N/c1-53(2)47-22-14-12-19-39(47)41-27-24-36(31-50(41)53)56(37-25-28-42-40-20-13-15-23-48(40)54(3,4)51(42)32-37)35-26-29-49-45(30-35)46-33-44(34-16-8-7-9-17-34)38-18-10-11-21-43(38)52(46)55(49,5)6/h7-33H,1-6H3. The van der Waals surface area contributed by atoms with Gasteiger partial charge < -0.3 is 4.90 Å². The molecule has 3 aliphatic carbocycles. The fourth-order valence-electron chi connectivity index (χ4n) is 10.8. The predicted octanol–water partition coefficient (Wildman–Crippen LogP) is 14.9. The van der Waals surface area contributed by atoms with Gasteiger partial charge in [-0.2, -0.15) is 0 Å². The molecule has 0 saturated carbocycles. The number of hydrogen-bond acceptors (Lipinski definition) is 1. The first-order chi connectivity index (χ1) is 27.0. The van der Waals surface area contributed by atoms with Gasteiger partial charge in [0.25, 0.3) is 0 Å². The van der Waals surface area contributed by atoms with Crippen molar-refractivity contribution in [2.75, 3.05) is 4.90 Å². The molecule has 3 aliphatic rings. The lowest BCUT2D eigenvalue weighted by Crippen LogP contribution is -2.18. The highest BCUT2D eigenvalue weighted by atomic mass is 15.1. The second-order valence-electron chi connectivity index (χ2n) is 17.7. The molecule has 0 radical (unpaired) electrons. The molecule has 11 rings (SSSR count). The molecule has 0 spiro atoms. The van der Waals surface area contributed by atoms with Crippen LogP contribution in [-0.4, -0.2) is 0 Å². The van der Waals surface area contributed by atoms with Gasteiger partial charge in [0.05, 0.1) is 0 Å². The van der Waals surface area contributed by atoms with Crippen molar-refractivity contribution in [3.05, 3.63) is 197 Å². The highest BCUT2D eigenvalue weighted by molar-refractivity contribution is 6.06. The number of fused-ring (bicyclic) bond motifs is 11. The Kier molecular flexibility index (Phi) is 6.77. The Morgan fingerprint density at radius 1 is 0.304 bits per heavy atom. The molecular weight excluding hydrogens is 675 g/mol. The maximum absolute atomic E-state index is 2.52. The lowest BCUT2D eigenvalue weighted by molar-refractivity contribution is 0.660. The number of anilines is 3. The summed E-state index contributed by atoms with van der Waals surface area (Å²) < 4.78 is 0. The summed E-state index contributed by atoms with van der Waals surface area (Å²) in [4.78, 5) is 2.52. The van der Waals surface area contributed by atoms with Gasteiger partial charge in [0.15, 0.2) is 0 Å². The van der Waals surface area contributed by atoms with E-state index in [1.807, 2.05) is 0 Å². The quantitative estimate of drug-likeness (QED) is 0.175. The van der Waals surface area contributed by atoms with Gasteiger partial charge in [-0.1, -0.05) is 163 Å². The maximum atomic E-state index is 2.52. The van der Waals surface area contributed by atoms with Crippen LogP contribution in [0.3, 0.4) is 0 Å². The largest absolute Gasteiger partial charge is 0.310 e. The minimum Gasteiger partial charge on any atom is -0.310 e. The molecule has 1 heteroatoms. The van der Waals surface area contributed by atoms with Gasteiger partial charge in [0.1, 0.15) is 0 Å². The Bertz CT molecular complexity index is 2830. The van der Waals surface area contributed by atoms with Crippen LogP contribution in [0.25, 0.3) is 55.3 Å². The molecule has 56 heavy (non-hydrogen) atoms. The van der Waals surface area contributed by atoms with Crippen LogP contribution in [0.15, 0.2) is 164 Å². The van der Waals surface area contributed by atoms with Crippen LogP contribution in [0.4, 0.5) is 17.1 Å². The van der Waals surface area contributed by atoms with E-state index in [0.29, 0.717) is 0 Å². The van der Waals surface area contributed by atoms with E-state index in [4.69, 9.17) is 0 Å². The first-order valence-electron chi connectivity index (χ1n) is 20.1. The summed E-state index contributed by atoms with van der Waals surface area (Å²) in [5, 5.41) is 2.65. The summed E-state index contributed by atoms with van der Waals surface area (Å²) in [7, 11) is 0. The Morgan fingerprint density at radius 2 is 0.768 bits per heavy atom. The number of rotatable bonds is 4. The monoisotopic (exact) mass is 719 g/mol. The van der Waals surface area contributed by atoms with Crippen molar-refractivity contribution in [3.8, 4) is 44.5 Å². The molecule has 0 saturated heterocycles. The van der Waals surface area contributed by atoms with E-state index < -0.39 is 0 Å². The molecule has 0 amide bonds. The first-order valence-corrected chi connectivity index (χ1v) is 20.1. The van der Waals surface area contributed by atoms with Crippen molar-refractivity contribution < 1.29 is 0 Å². The molecule has 0 heterocycles. The molecule has 0 unspecified atom stereocenters. The van der Waals surface area contributed by atoms with E-state index in [9.17, 15) is 0 Å². The van der Waals surface area contributed by atoms with Crippen molar-refractivity contribution in [1.82, 2.24) is 0 Å². The Labute approximate surface area is 330 Å². The third-order valence-corrected chi connectivity index (χ3v) is 13.6. The van der Waals surface area contributed by atoms with Crippen LogP contribution < -0.4 is 4.90 Å². The zero-order valence-electron chi connectivity index (χ0n) is 33.0. The summed E-state index contributed by atoms with van der Waals surface area (Å²) in [6, 6.07) is 61.9. The van der Waals surface area contributed by atoms with E-state index >= 15 is 0 Å². The van der Waals surface area contributed by atoms with Gasteiger partial charge in [0.2, 0.25) is 0 Å². The van der Waals surface area contributed by atoms with E-state index in [2.05, 4.69) is 210 Å². The Morgan fingerprint density at radius 3 is 1.38 bits per heavy atom.